The predicted molar refractivity (Wildman–Crippen MR) is 89.4 cm³/mol. The second-order valence-corrected chi connectivity index (χ2v) is 6.93. The number of nitrogens with zero attached hydrogens (tertiary/aromatic N) is 3. The number of hydrogen-bond acceptors (Lipinski definition) is 5. The Morgan fingerprint density at radius 2 is 2.05 bits per heavy atom. The summed E-state index contributed by atoms with van der Waals surface area (Å²) >= 11 is 1.74. The first kappa shape index (κ1) is 14.0. The number of aromatic nitrogens is 1. The highest BCUT2D eigenvalue weighted by Crippen LogP contribution is 2.29. The number of anilines is 1. The summed E-state index contributed by atoms with van der Waals surface area (Å²) in [6, 6.07) is 8.30. The van der Waals surface area contributed by atoms with Gasteiger partial charge in [0.05, 0.1) is 16.3 Å². The molecule has 0 spiro atoms. The zero-order valence-corrected chi connectivity index (χ0v) is 13.3. The lowest BCUT2D eigenvalue weighted by Crippen LogP contribution is -2.53. The normalized spacial score (nSPS) is 22.5. The van der Waals surface area contributed by atoms with Crippen molar-refractivity contribution >= 4 is 32.6 Å². The van der Waals surface area contributed by atoms with Crippen LogP contribution in [0.1, 0.15) is 12.8 Å². The minimum atomic E-state index is 0.0500. The van der Waals surface area contributed by atoms with Crippen LogP contribution in [0, 0.1) is 0 Å². The number of fused-ring (bicyclic) bond motifs is 1. The number of amides is 1. The molecule has 3 heterocycles. The number of thiazole rings is 1. The number of hydrogen-bond donors (Lipinski definition) is 1. The van der Waals surface area contributed by atoms with E-state index in [1.165, 1.54) is 4.70 Å². The molecule has 0 saturated carbocycles. The molecule has 1 aromatic heterocycles. The number of rotatable bonds is 2. The lowest BCUT2D eigenvalue weighted by Gasteiger charge is -2.35. The van der Waals surface area contributed by atoms with E-state index in [9.17, 15) is 4.79 Å². The minimum Gasteiger partial charge on any atom is -0.345 e. The van der Waals surface area contributed by atoms with Crippen LogP contribution in [0.25, 0.3) is 10.2 Å². The van der Waals surface area contributed by atoms with Crippen molar-refractivity contribution in [3.8, 4) is 0 Å². The van der Waals surface area contributed by atoms with Gasteiger partial charge in [-0.05, 0) is 31.5 Å². The van der Waals surface area contributed by atoms with Gasteiger partial charge in [-0.1, -0.05) is 23.5 Å². The van der Waals surface area contributed by atoms with Crippen molar-refractivity contribution in [2.24, 2.45) is 0 Å². The Bertz CT molecular complexity index is 639. The lowest BCUT2D eigenvalue weighted by atomic mass is 10.2. The first-order chi connectivity index (χ1) is 10.8. The first-order valence-electron chi connectivity index (χ1n) is 7.94. The van der Waals surface area contributed by atoms with E-state index in [1.54, 1.807) is 11.3 Å². The molecule has 22 heavy (non-hydrogen) atoms. The van der Waals surface area contributed by atoms with Gasteiger partial charge in [0.15, 0.2) is 5.13 Å². The van der Waals surface area contributed by atoms with Gasteiger partial charge in [0, 0.05) is 26.2 Å². The highest BCUT2D eigenvalue weighted by Gasteiger charge is 2.29. The van der Waals surface area contributed by atoms with E-state index in [0.29, 0.717) is 0 Å². The first-order valence-corrected chi connectivity index (χ1v) is 8.75. The highest BCUT2D eigenvalue weighted by atomic mass is 32.1. The van der Waals surface area contributed by atoms with Gasteiger partial charge >= 0.3 is 0 Å². The maximum Gasteiger partial charge on any atom is 0.239 e. The number of para-hydroxylation sites is 1. The summed E-state index contributed by atoms with van der Waals surface area (Å²) in [5.74, 6) is 0.279. The van der Waals surface area contributed by atoms with Crippen LogP contribution in [-0.4, -0.2) is 54.6 Å². The second-order valence-electron chi connectivity index (χ2n) is 5.93. The molecule has 2 aliphatic rings. The molecule has 1 atom stereocenters. The van der Waals surface area contributed by atoms with E-state index < -0.39 is 0 Å². The van der Waals surface area contributed by atoms with Crippen LogP contribution in [0.4, 0.5) is 5.13 Å². The largest absolute Gasteiger partial charge is 0.345 e. The quantitative estimate of drug-likeness (QED) is 0.916. The number of carbonyl (C=O) groups excluding carboxylic acids is 1. The summed E-state index contributed by atoms with van der Waals surface area (Å²) in [6.07, 6.45) is 2.10. The second kappa shape index (κ2) is 5.85. The Morgan fingerprint density at radius 1 is 1.23 bits per heavy atom. The fraction of sp³-hybridized carbons (Fsp3) is 0.500. The number of nitrogens with one attached hydrogen (secondary N) is 1. The zero-order chi connectivity index (χ0) is 14.9. The molecule has 1 aromatic carbocycles. The monoisotopic (exact) mass is 316 g/mol. The molecule has 1 N–H and O–H groups in total. The van der Waals surface area contributed by atoms with E-state index >= 15 is 0 Å². The third-order valence-corrected chi connectivity index (χ3v) is 5.60. The highest BCUT2D eigenvalue weighted by molar-refractivity contribution is 7.22. The topological polar surface area (TPSA) is 48.5 Å². The van der Waals surface area contributed by atoms with Gasteiger partial charge in [0.2, 0.25) is 5.91 Å². The summed E-state index contributed by atoms with van der Waals surface area (Å²) in [4.78, 5) is 21.4. The van der Waals surface area contributed by atoms with Crippen molar-refractivity contribution in [2.75, 3.05) is 37.6 Å². The van der Waals surface area contributed by atoms with Gasteiger partial charge in [0.25, 0.3) is 0 Å². The summed E-state index contributed by atoms with van der Waals surface area (Å²) < 4.78 is 1.23. The Labute approximate surface area is 133 Å². The molecule has 6 heteroatoms. The number of piperazine rings is 1. The predicted octanol–water partition coefficient (Wildman–Crippen LogP) is 1.70. The van der Waals surface area contributed by atoms with Gasteiger partial charge < -0.3 is 15.1 Å². The fourth-order valence-corrected chi connectivity index (χ4v) is 4.25. The van der Waals surface area contributed by atoms with Crippen molar-refractivity contribution in [3.63, 3.8) is 0 Å². The van der Waals surface area contributed by atoms with Crippen LogP contribution in [-0.2, 0) is 4.79 Å². The SMILES string of the molecule is O=C(C1CCCN1)N1CCN(c2nc3ccccc3s2)CC1. The average molecular weight is 316 g/mol. The standard InChI is InChI=1S/C16H20N4OS/c21-15(13-5-3-7-17-13)19-8-10-20(11-9-19)16-18-12-4-1-2-6-14(12)22-16/h1-2,4,6,13,17H,3,5,7-11H2. The van der Waals surface area contributed by atoms with Crippen molar-refractivity contribution in [1.82, 2.24) is 15.2 Å². The third-order valence-electron chi connectivity index (χ3n) is 4.50. The summed E-state index contributed by atoms with van der Waals surface area (Å²) in [7, 11) is 0. The molecular formula is C16H20N4OS. The van der Waals surface area contributed by atoms with Gasteiger partial charge in [-0.15, -0.1) is 0 Å². The maximum atomic E-state index is 12.4. The Hall–Kier alpha value is -1.66. The van der Waals surface area contributed by atoms with Crippen molar-refractivity contribution in [3.05, 3.63) is 24.3 Å². The number of carbonyl (C=O) groups is 1. The molecule has 2 aromatic rings. The summed E-state index contributed by atoms with van der Waals surface area (Å²) in [5, 5.41) is 4.38. The molecule has 116 valence electrons. The van der Waals surface area contributed by atoms with Gasteiger partial charge in [-0.25, -0.2) is 4.98 Å². The van der Waals surface area contributed by atoms with E-state index in [-0.39, 0.29) is 11.9 Å². The van der Waals surface area contributed by atoms with E-state index in [4.69, 9.17) is 4.98 Å². The van der Waals surface area contributed by atoms with Gasteiger partial charge in [0.1, 0.15) is 0 Å². The van der Waals surface area contributed by atoms with Crippen LogP contribution in [0.15, 0.2) is 24.3 Å². The van der Waals surface area contributed by atoms with Gasteiger partial charge in [-0.2, -0.15) is 0 Å². The molecule has 2 aliphatic heterocycles. The van der Waals surface area contributed by atoms with Crippen molar-refractivity contribution < 1.29 is 4.79 Å². The van der Waals surface area contributed by atoms with Crippen LogP contribution < -0.4 is 10.2 Å². The molecule has 2 saturated heterocycles. The smallest absolute Gasteiger partial charge is 0.239 e. The summed E-state index contributed by atoms with van der Waals surface area (Å²) in [5.41, 5.74) is 1.07. The lowest BCUT2D eigenvalue weighted by molar-refractivity contribution is -0.133. The maximum absolute atomic E-state index is 12.4. The van der Waals surface area contributed by atoms with Crippen LogP contribution >= 0.6 is 11.3 Å². The van der Waals surface area contributed by atoms with Gasteiger partial charge in [-0.3, -0.25) is 4.79 Å². The zero-order valence-electron chi connectivity index (χ0n) is 12.5. The molecule has 1 unspecified atom stereocenters. The molecule has 0 aliphatic carbocycles. The molecule has 0 bridgehead atoms. The number of benzene rings is 1. The molecule has 1 amide bonds. The van der Waals surface area contributed by atoms with Crippen LogP contribution in [0.2, 0.25) is 0 Å². The Balaban J connectivity index is 1.41. The average Bonchev–Trinajstić information content (AvgIpc) is 3.23. The van der Waals surface area contributed by atoms with Crippen molar-refractivity contribution in [2.45, 2.75) is 18.9 Å². The molecular weight excluding hydrogens is 296 g/mol. The van der Waals surface area contributed by atoms with Crippen molar-refractivity contribution in [1.29, 1.82) is 0 Å². The molecule has 5 nitrogen and oxygen atoms in total. The molecule has 0 radical (unpaired) electrons. The fourth-order valence-electron chi connectivity index (χ4n) is 3.23. The van der Waals surface area contributed by atoms with E-state index in [0.717, 1.165) is 56.2 Å². The molecule has 4 rings (SSSR count). The Kier molecular flexibility index (Phi) is 3.72. The molecule has 2 fully saturated rings. The Morgan fingerprint density at radius 3 is 2.77 bits per heavy atom. The van der Waals surface area contributed by atoms with Crippen LogP contribution in [0.5, 0.6) is 0 Å². The van der Waals surface area contributed by atoms with E-state index in [1.807, 2.05) is 11.0 Å². The van der Waals surface area contributed by atoms with Crippen LogP contribution in [0.3, 0.4) is 0 Å². The third kappa shape index (κ3) is 2.57. The summed E-state index contributed by atoms with van der Waals surface area (Å²) in [6.45, 7) is 4.32. The van der Waals surface area contributed by atoms with E-state index in [2.05, 4.69) is 28.4 Å². The minimum absolute atomic E-state index is 0.0500.